The number of nitrogens with zero attached hydrogens (tertiary/aromatic N) is 1. The molecule has 0 bridgehead atoms. The lowest BCUT2D eigenvalue weighted by molar-refractivity contribution is 0.0238. The van der Waals surface area contributed by atoms with E-state index in [-0.39, 0.29) is 11.3 Å². The molecule has 0 saturated carbocycles. The summed E-state index contributed by atoms with van der Waals surface area (Å²) >= 11 is 0. The van der Waals surface area contributed by atoms with E-state index in [4.69, 9.17) is 4.74 Å². The maximum absolute atomic E-state index is 12.2. The predicted molar refractivity (Wildman–Crippen MR) is 76.6 cm³/mol. The number of hydrogen-bond acceptors (Lipinski definition) is 3. The zero-order valence-electron chi connectivity index (χ0n) is 11.6. The largest absolute Gasteiger partial charge is 0.381 e. The normalized spacial score (nSPS) is 18.1. The maximum Gasteiger partial charge on any atom is 0.251 e. The van der Waals surface area contributed by atoms with Gasteiger partial charge in [-0.3, -0.25) is 9.89 Å². The van der Waals surface area contributed by atoms with E-state index in [0.29, 0.717) is 12.1 Å². The van der Waals surface area contributed by atoms with Gasteiger partial charge in [0.05, 0.1) is 11.7 Å². The third-order valence-electron chi connectivity index (χ3n) is 4.08. The second-order valence-corrected chi connectivity index (χ2v) is 5.78. The summed E-state index contributed by atoms with van der Waals surface area (Å²) in [5.74, 6) is -0.0331. The minimum atomic E-state index is -0.0331. The fourth-order valence-electron chi connectivity index (χ4n) is 2.51. The molecular weight excluding hydrogens is 254 g/mol. The Morgan fingerprint density at radius 3 is 3.05 bits per heavy atom. The molecule has 1 aliphatic heterocycles. The molecule has 3 rings (SSSR count). The number of carbonyl (C=O) groups is 1. The quantitative estimate of drug-likeness (QED) is 0.900. The molecule has 106 valence electrons. The first-order valence-corrected chi connectivity index (χ1v) is 6.95. The molecule has 0 unspecified atom stereocenters. The summed E-state index contributed by atoms with van der Waals surface area (Å²) in [4.78, 5) is 12.2. The Morgan fingerprint density at radius 2 is 2.25 bits per heavy atom. The van der Waals surface area contributed by atoms with Crippen LogP contribution in [0.25, 0.3) is 10.9 Å². The maximum atomic E-state index is 12.2. The van der Waals surface area contributed by atoms with E-state index in [0.717, 1.165) is 37.0 Å². The number of carbonyl (C=O) groups excluding carboxylic acids is 1. The van der Waals surface area contributed by atoms with Crippen LogP contribution < -0.4 is 5.32 Å². The fraction of sp³-hybridized carbons (Fsp3) is 0.467. The summed E-state index contributed by atoms with van der Waals surface area (Å²) in [6.45, 7) is 4.46. The lowest BCUT2D eigenvalue weighted by Crippen LogP contribution is -2.39. The van der Waals surface area contributed by atoms with E-state index >= 15 is 0 Å². The topological polar surface area (TPSA) is 67.0 Å². The van der Waals surface area contributed by atoms with Crippen LogP contribution in [0, 0.1) is 5.41 Å². The van der Waals surface area contributed by atoms with Crippen LogP contribution in [0.4, 0.5) is 0 Å². The van der Waals surface area contributed by atoms with E-state index in [1.807, 2.05) is 18.2 Å². The number of fused-ring (bicyclic) bond motifs is 1. The third-order valence-corrected chi connectivity index (χ3v) is 4.08. The van der Waals surface area contributed by atoms with Gasteiger partial charge in [-0.25, -0.2) is 0 Å². The van der Waals surface area contributed by atoms with Gasteiger partial charge in [-0.1, -0.05) is 13.0 Å². The average molecular weight is 273 g/mol. The molecule has 0 atom stereocenters. The fourth-order valence-corrected chi connectivity index (χ4v) is 2.51. The van der Waals surface area contributed by atoms with E-state index in [2.05, 4.69) is 22.4 Å². The highest BCUT2D eigenvalue weighted by Crippen LogP contribution is 2.28. The van der Waals surface area contributed by atoms with Gasteiger partial charge in [-0.2, -0.15) is 5.10 Å². The van der Waals surface area contributed by atoms with Crippen molar-refractivity contribution < 1.29 is 9.53 Å². The van der Waals surface area contributed by atoms with Crippen molar-refractivity contribution in [1.29, 1.82) is 0 Å². The molecule has 1 fully saturated rings. The summed E-state index contributed by atoms with van der Waals surface area (Å²) in [6.07, 6.45) is 3.74. The highest BCUT2D eigenvalue weighted by atomic mass is 16.5. The molecule has 2 aromatic rings. The summed E-state index contributed by atoms with van der Waals surface area (Å²) in [5, 5.41) is 10.9. The van der Waals surface area contributed by atoms with E-state index < -0.39 is 0 Å². The lowest BCUT2D eigenvalue weighted by atomic mass is 9.82. The van der Waals surface area contributed by atoms with Gasteiger partial charge in [0, 0.05) is 30.7 Å². The van der Waals surface area contributed by atoms with Crippen molar-refractivity contribution in [3.05, 3.63) is 30.0 Å². The Bertz CT molecular complexity index is 614. The van der Waals surface area contributed by atoms with Crippen LogP contribution in [-0.2, 0) is 4.74 Å². The molecular formula is C15H19N3O2. The van der Waals surface area contributed by atoms with Crippen LogP contribution in [0.3, 0.4) is 0 Å². The standard InChI is InChI=1S/C15H19N3O2/c1-15(4-6-20-7-5-15)10-16-14(19)11-2-3-12-9-17-18-13(12)8-11/h2-3,8-9H,4-7,10H2,1H3,(H,16,19)(H,17,18). The molecule has 1 aromatic heterocycles. The van der Waals surface area contributed by atoms with Crippen molar-refractivity contribution in [2.75, 3.05) is 19.8 Å². The minimum absolute atomic E-state index is 0.0331. The second-order valence-electron chi connectivity index (χ2n) is 5.78. The second kappa shape index (κ2) is 5.25. The summed E-state index contributed by atoms with van der Waals surface area (Å²) in [5.41, 5.74) is 1.69. The van der Waals surface area contributed by atoms with Gasteiger partial charge in [-0.15, -0.1) is 0 Å². The predicted octanol–water partition coefficient (Wildman–Crippen LogP) is 2.11. The third kappa shape index (κ3) is 2.67. The summed E-state index contributed by atoms with van der Waals surface area (Å²) < 4.78 is 5.37. The van der Waals surface area contributed by atoms with Gasteiger partial charge in [0.25, 0.3) is 5.91 Å². The molecule has 5 nitrogen and oxygen atoms in total. The van der Waals surface area contributed by atoms with Crippen molar-refractivity contribution in [2.24, 2.45) is 5.41 Å². The Kier molecular flexibility index (Phi) is 3.44. The van der Waals surface area contributed by atoms with Crippen molar-refractivity contribution in [3.8, 4) is 0 Å². The first-order chi connectivity index (χ1) is 9.66. The molecule has 5 heteroatoms. The molecule has 0 radical (unpaired) electrons. The van der Waals surface area contributed by atoms with Gasteiger partial charge >= 0.3 is 0 Å². The monoisotopic (exact) mass is 273 g/mol. The number of hydrogen-bond donors (Lipinski definition) is 2. The van der Waals surface area contributed by atoms with Crippen LogP contribution in [0.5, 0.6) is 0 Å². The smallest absolute Gasteiger partial charge is 0.251 e. The van der Waals surface area contributed by atoms with Crippen LogP contribution in [-0.4, -0.2) is 35.9 Å². The molecule has 1 aliphatic rings. The van der Waals surface area contributed by atoms with Gasteiger partial charge < -0.3 is 10.1 Å². The van der Waals surface area contributed by atoms with Gasteiger partial charge in [0.1, 0.15) is 0 Å². The number of nitrogens with one attached hydrogen (secondary N) is 2. The number of ether oxygens (including phenoxy) is 1. The Morgan fingerprint density at radius 1 is 1.45 bits per heavy atom. The molecule has 1 saturated heterocycles. The van der Waals surface area contributed by atoms with Crippen LogP contribution in [0.15, 0.2) is 24.4 Å². The van der Waals surface area contributed by atoms with Crippen molar-refractivity contribution >= 4 is 16.8 Å². The van der Waals surface area contributed by atoms with E-state index in [9.17, 15) is 4.79 Å². The molecule has 1 aromatic carbocycles. The van der Waals surface area contributed by atoms with Crippen LogP contribution in [0.2, 0.25) is 0 Å². The van der Waals surface area contributed by atoms with Gasteiger partial charge in [-0.05, 0) is 30.4 Å². The molecule has 1 amide bonds. The van der Waals surface area contributed by atoms with Gasteiger partial charge in [0.15, 0.2) is 0 Å². The summed E-state index contributed by atoms with van der Waals surface area (Å²) in [6, 6.07) is 5.58. The molecule has 0 aliphatic carbocycles. The zero-order valence-corrected chi connectivity index (χ0v) is 11.6. The average Bonchev–Trinajstić information content (AvgIpc) is 2.93. The molecule has 2 N–H and O–H groups in total. The zero-order chi connectivity index (χ0) is 14.0. The number of H-pyrrole nitrogens is 1. The lowest BCUT2D eigenvalue weighted by Gasteiger charge is -2.33. The number of rotatable bonds is 3. The Hall–Kier alpha value is -1.88. The number of benzene rings is 1. The number of aromatic amines is 1. The van der Waals surface area contributed by atoms with Crippen LogP contribution >= 0.6 is 0 Å². The molecule has 20 heavy (non-hydrogen) atoms. The van der Waals surface area contributed by atoms with Crippen molar-refractivity contribution in [1.82, 2.24) is 15.5 Å². The number of aromatic nitrogens is 2. The highest BCUT2D eigenvalue weighted by molar-refractivity contribution is 5.97. The van der Waals surface area contributed by atoms with Gasteiger partial charge in [0.2, 0.25) is 0 Å². The van der Waals surface area contributed by atoms with Crippen molar-refractivity contribution in [3.63, 3.8) is 0 Å². The first-order valence-electron chi connectivity index (χ1n) is 6.95. The highest BCUT2D eigenvalue weighted by Gasteiger charge is 2.27. The Balaban J connectivity index is 1.66. The minimum Gasteiger partial charge on any atom is -0.381 e. The molecule has 2 heterocycles. The Labute approximate surface area is 117 Å². The first kappa shape index (κ1) is 13.1. The molecule has 0 spiro atoms. The SMILES string of the molecule is CC1(CNC(=O)c2ccc3cn[nH]c3c2)CCOCC1. The van der Waals surface area contributed by atoms with Crippen molar-refractivity contribution in [2.45, 2.75) is 19.8 Å². The summed E-state index contributed by atoms with van der Waals surface area (Å²) in [7, 11) is 0. The number of amides is 1. The van der Waals surface area contributed by atoms with E-state index in [1.165, 1.54) is 0 Å². The van der Waals surface area contributed by atoms with E-state index in [1.54, 1.807) is 6.20 Å². The van der Waals surface area contributed by atoms with Crippen LogP contribution in [0.1, 0.15) is 30.1 Å².